The van der Waals surface area contributed by atoms with Crippen LogP contribution in [0.5, 0.6) is 0 Å². The molecule has 10 heteroatoms. The lowest BCUT2D eigenvalue weighted by atomic mass is 10.2. The second-order valence-electron chi connectivity index (χ2n) is 5.61. The van der Waals surface area contributed by atoms with Crippen LogP contribution in [0, 0.1) is 6.92 Å². The number of carbonyl (C=O) groups excluding carboxylic acids is 3. The Kier molecular flexibility index (Phi) is 6.83. The Labute approximate surface area is 160 Å². The van der Waals surface area contributed by atoms with Gasteiger partial charge in [0.05, 0.1) is 16.2 Å². The lowest BCUT2D eigenvalue weighted by molar-refractivity contribution is -0.147. The summed E-state index contributed by atoms with van der Waals surface area (Å²) in [7, 11) is -3.81. The van der Waals surface area contributed by atoms with Gasteiger partial charge in [-0.25, -0.2) is 13.6 Å². The summed E-state index contributed by atoms with van der Waals surface area (Å²) in [4.78, 5) is 36.8. The van der Waals surface area contributed by atoms with E-state index in [0.717, 1.165) is 4.88 Å². The fourth-order valence-electron chi connectivity index (χ4n) is 2.07. The van der Waals surface area contributed by atoms with Crippen LogP contribution in [-0.4, -0.2) is 32.7 Å². The molecule has 0 aliphatic heterocycles. The highest BCUT2D eigenvalue weighted by Gasteiger charge is 2.13. The number of primary sulfonamides is 1. The van der Waals surface area contributed by atoms with Crippen molar-refractivity contribution in [2.24, 2.45) is 5.14 Å². The maximum Gasteiger partial charge on any atom is 0.306 e. The van der Waals surface area contributed by atoms with Crippen molar-refractivity contribution in [2.45, 2.75) is 24.7 Å². The van der Waals surface area contributed by atoms with E-state index in [9.17, 15) is 22.8 Å². The van der Waals surface area contributed by atoms with Crippen LogP contribution in [0.15, 0.2) is 41.3 Å². The number of anilines is 1. The number of amides is 1. The molecule has 144 valence electrons. The minimum atomic E-state index is -3.81. The smallest absolute Gasteiger partial charge is 0.306 e. The molecule has 27 heavy (non-hydrogen) atoms. The molecule has 0 bridgehead atoms. The van der Waals surface area contributed by atoms with Crippen molar-refractivity contribution < 1.29 is 27.5 Å². The molecule has 8 nitrogen and oxygen atoms in total. The number of nitrogens with two attached hydrogens (primary N) is 1. The summed E-state index contributed by atoms with van der Waals surface area (Å²) in [6.45, 7) is 1.37. The molecular formula is C17H18N2O6S2. The third-order valence-electron chi connectivity index (χ3n) is 3.40. The number of thiophene rings is 1. The van der Waals surface area contributed by atoms with E-state index < -0.39 is 28.5 Å². The number of esters is 1. The van der Waals surface area contributed by atoms with Gasteiger partial charge in [0.2, 0.25) is 10.0 Å². The van der Waals surface area contributed by atoms with Crippen LogP contribution in [0.1, 0.15) is 27.4 Å². The molecule has 0 saturated carbocycles. The molecule has 0 spiro atoms. The second kappa shape index (κ2) is 8.89. The van der Waals surface area contributed by atoms with Crippen LogP contribution in [-0.2, 0) is 24.3 Å². The number of ether oxygens (including phenoxy) is 1. The number of nitrogens with one attached hydrogen (secondary N) is 1. The quantitative estimate of drug-likeness (QED) is 0.504. The largest absolute Gasteiger partial charge is 0.456 e. The van der Waals surface area contributed by atoms with Crippen molar-refractivity contribution in [1.82, 2.24) is 0 Å². The molecule has 0 saturated heterocycles. The summed E-state index contributed by atoms with van der Waals surface area (Å²) >= 11 is 1.36. The highest BCUT2D eigenvalue weighted by atomic mass is 32.2. The second-order valence-corrected chi connectivity index (χ2v) is 8.46. The number of hydrogen-bond acceptors (Lipinski definition) is 7. The van der Waals surface area contributed by atoms with Gasteiger partial charge in [-0.2, -0.15) is 0 Å². The Morgan fingerprint density at radius 2 is 1.74 bits per heavy atom. The Bertz CT molecular complexity index is 948. The highest BCUT2D eigenvalue weighted by Crippen LogP contribution is 2.17. The monoisotopic (exact) mass is 410 g/mol. The first-order valence-corrected chi connectivity index (χ1v) is 10.2. The molecule has 2 rings (SSSR count). The van der Waals surface area contributed by atoms with Gasteiger partial charge in [-0.3, -0.25) is 14.4 Å². The predicted octanol–water partition coefficient (Wildman–Crippen LogP) is 1.85. The SMILES string of the molecule is Cc1ccc(C(=O)CCC(=O)OCC(=O)Nc2ccc(S(N)(=O)=O)cc2)s1. The van der Waals surface area contributed by atoms with Crippen LogP contribution in [0.2, 0.25) is 0 Å². The number of benzene rings is 1. The average Bonchev–Trinajstić information content (AvgIpc) is 3.04. The Morgan fingerprint density at radius 3 is 2.30 bits per heavy atom. The standard InChI is InChI=1S/C17H18N2O6S2/c1-11-2-8-15(26-11)14(20)7-9-17(22)25-10-16(21)19-12-3-5-13(6-4-12)27(18,23)24/h2-6,8H,7,9-10H2,1H3,(H,19,21)(H2,18,23,24). The van der Waals surface area contributed by atoms with Crippen molar-refractivity contribution in [3.05, 3.63) is 46.2 Å². The van der Waals surface area contributed by atoms with E-state index in [-0.39, 0.29) is 23.5 Å². The molecule has 1 aromatic carbocycles. The van der Waals surface area contributed by atoms with E-state index in [1.54, 1.807) is 6.07 Å². The van der Waals surface area contributed by atoms with Gasteiger partial charge in [-0.1, -0.05) is 0 Å². The summed E-state index contributed by atoms with van der Waals surface area (Å²) < 4.78 is 27.1. The van der Waals surface area contributed by atoms with Crippen molar-refractivity contribution in [3.8, 4) is 0 Å². The normalized spacial score (nSPS) is 11.0. The van der Waals surface area contributed by atoms with Gasteiger partial charge in [0, 0.05) is 17.0 Å². The molecule has 1 aromatic heterocycles. The first-order valence-electron chi connectivity index (χ1n) is 7.83. The summed E-state index contributed by atoms with van der Waals surface area (Å²) in [6, 6.07) is 8.75. The van der Waals surface area contributed by atoms with Crippen molar-refractivity contribution >= 4 is 44.7 Å². The molecule has 1 amide bonds. The van der Waals surface area contributed by atoms with Gasteiger partial charge in [0.1, 0.15) is 0 Å². The number of hydrogen-bond donors (Lipinski definition) is 2. The predicted molar refractivity (Wildman–Crippen MR) is 100 cm³/mol. The van der Waals surface area contributed by atoms with E-state index >= 15 is 0 Å². The van der Waals surface area contributed by atoms with Crippen LogP contribution < -0.4 is 10.5 Å². The highest BCUT2D eigenvalue weighted by molar-refractivity contribution is 7.89. The fourth-order valence-corrected chi connectivity index (χ4v) is 3.42. The molecular weight excluding hydrogens is 392 g/mol. The maximum atomic E-state index is 11.9. The third-order valence-corrected chi connectivity index (χ3v) is 5.37. The fraction of sp³-hybridized carbons (Fsp3) is 0.235. The first kappa shape index (κ1) is 20.7. The Morgan fingerprint density at radius 1 is 1.07 bits per heavy atom. The van der Waals surface area contributed by atoms with Gasteiger partial charge in [0.25, 0.3) is 5.91 Å². The van der Waals surface area contributed by atoms with Crippen molar-refractivity contribution in [1.29, 1.82) is 0 Å². The number of aryl methyl sites for hydroxylation is 1. The molecule has 0 atom stereocenters. The maximum absolute atomic E-state index is 11.9. The minimum absolute atomic E-state index is 0.00936. The molecule has 0 aliphatic rings. The Hall–Kier alpha value is -2.56. The topological polar surface area (TPSA) is 133 Å². The molecule has 2 aromatic rings. The zero-order valence-electron chi connectivity index (χ0n) is 14.4. The lowest BCUT2D eigenvalue weighted by Crippen LogP contribution is -2.21. The first-order chi connectivity index (χ1) is 12.6. The number of sulfonamides is 1. The van der Waals surface area contributed by atoms with Gasteiger partial charge in [-0.15, -0.1) is 11.3 Å². The summed E-state index contributed by atoms with van der Waals surface area (Å²) in [5.41, 5.74) is 0.326. The van der Waals surface area contributed by atoms with Crippen molar-refractivity contribution in [2.75, 3.05) is 11.9 Å². The van der Waals surface area contributed by atoms with Gasteiger partial charge in [-0.05, 0) is 43.3 Å². The summed E-state index contributed by atoms with van der Waals surface area (Å²) in [6.07, 6.45) is -0.110. The van der Waals surface area contributed by atoms with E-state index in [2.05, 4.69) is 5.32 Å². The molecule has 0 radical (unpaired) electrons. The van der Waals surface area contributed by atoms with Crippen LogP contribution in [0.4, 0.5) is 5.69 Å². The van der Waals surface area contributed by atoms with E-state index in [1.165, 1.54) is 35.6 Å². The molecule has 0 aliphatic carbocycles. The van der Waals surface area contributed by atoms with E-state index in [1.807, 2.05) is 13.0 Å². The number of rotatable bonds is 8. The van der Waals surface area contributed by atoms with E-state index in [0.29, 0.717) is 10.6 Å². The summed E-state index contributed by atoms with van der Waals surface area (Å²) in [5, 5.41) is 7.43. The number of carbonyl (C=O) groups is 3. The molecule has 3 N–H and O–H groups in total. The summed E-state index contributed by atoms with van der Waals surface area (Å²) in [5.74, 6) is -1.40. The molecule has 1 heterocycles. The zero-order valence-corrected chi connectivity index (χ0v) is 16.1. The van der Waals surface area contributed by atoms with Gasteiger partial charge < -0.3 is 10.1 Å². The molecule has 0 fully saturated rings. The zero-order chi connectivity index (χ0) is 20.0. The van der Waals surface area contributed by atoms with Gasteiger partial charge >= 0.3 is 5.97 Å². The van der Waals surface area contributed by atoms with Crippen LogP contribution >= 0.6 is 11.3 Å². The number of Topliss-reactive ketones (excluding diaryl/α,β-unsaturated/α-hetero) is 1. The number of ketones is 1. The minimum Gasteiger partial charge on any atom is -0.456 e. The van der Waals surface area contributed by atoms with E-state index in [4.69, 9.17) is 9.88 Å². The Balaban J connectivity index is 1.74. The third kappa shape index (κ3) is 6.59. The molecule has 0 unspecified atom stereocenters. The average molecular weight is 410 g/mol. The van der Waals surface area contributed by atoms with Crippen LogP contribution in [0.3, 0.4) is 0 Å². The van der Waals surface area contributed by atoms with Crippen LogP contribution in [0.25, 0.3) is 0 Å². The van der Waals surface area contributed by atoms with Crippen molar-refractivity contribution in [3.63, 3.8) is 0 Å². The lowest BCUT2D eigenvalue weighted by Gasteiger charge is -2.07. The van der Waals surface area contributed by atoms with Gasteiger partial charge in [0.15, 0.2) is 12.4 Å².